The Morgan fingerprint density at radius 3 is 2.36 bits per heavy atom. The van der Waals surface area contributed by atoms with Crippen LogP contribution in [0, 0.1) is 13.8 Å². The van der Waals surface area contributed by atoms with Gasteiger partial charge in [0.25, 0.3) is 5.91 Å². The van der Waals surface area contributed by atoms with Gasteiger partial charge in [0.2, 0.25) is 15.9 Å². The number of amides is 2. The Kier molecular flexibility index (Phi) is 8.52. The lowest BCUT2D eigenvalue weighted by Gasteiger charge is -2.18. The number of primary sulfonamides is 1. The summed E-state index contributed by atoms with van der Waals surface area (Å²) in [4.78, 5) is 25.8. The van der Waals surface area contributed by atoms with Crippen LogP contribution in [0.15, 0.2) is 83.9 Å². The van der Waals surface area contributed by atoms with E-state index in [0.717, 1.165) is 22.3 Å². The Balaban J connectivity index is 1.45. The van der Waals surface area contributed by atoms with Crippen LogP contribution in [0.4, 0.5) is 0 Å². The topological polar surface area (TPSA) is 149 Å². The summed E-state index contributed by atoms with van der Waals surface area (Å²) in [5.74, 6) is -0.618. The van der Waals surface area contributed by atoms with Crippen molar-refractivity contribution in [1.82, 2.24) is 25.6 Å². The molecule has 10 nitrogen and oxygen atoms in total. The first-order valence-electron chi connectivity index (χ1n) is 12.3. The summed E-state index contributed by atoms with van der Waals surface area (Å²) in [5, 5.41) is 19.2. The number of aromatic nitrogens is 3. The third-order valence-electron chi connectivity index (χ3n) is 6.28. The monoisotopic (exact) mass is 546 g/mol. The maximum atomic E-state index is 13.4. The Labute approximate surface area is 227 Å². The fourth-order valence-corrected chi connectivity index (χ4v) is 4.57. The predicted octanol–water partition coefficient (Wildman–Crippen LogP) is 2.57. The molecule has 1 heterocycles. The van der Waals surface area contributed by atoms with Gasteiger partial charge in [-0.3, -0.25) is 9.59 Å². The molecule has 0 saturated carbocycles. The van der Waals surface area contributed by atoms with Crippen LogP contribution in [-0.4, -0.2) is 35.2 Å². The third-order valence-corrected chi connectivity index (χ3v) is 7.21. The van der Waals surface area contributed by atoms with Crippen molar-refractivity contribution in [3.63, 3.8) is 0 Å². The first-order chi connectivity index (χ1) is 18.6. The minimum Gasteiger partial charge on any atom is -0.350 e. The fourth-order valence-electron chi connectivity index (χ4n) is 4.05. The molecule has 11 heteroatoms. The SMILES string of the molecule is Cc1ccc(C)c(CNC(=O)C(Cc2ccccc2)n2cc(CNC(=O)c3ccc(S(N)(=O)=O)cc3)nn2)c1. The number of carbonyl (C=O) groups is 2. The van der Waals surface area contributed by atoms with Gasteiger partial charge >= 0.3 is 0 Å². The predicted molar refractivity (Wildman–Crippen MR) is 146 cm³/mol. The van der Waals surface area contributed by atoms with Crippen molar-refractivity contribution in [3.8, 4) is 0 Å². The molecule has 202 valence electrons. The van der Waals surface area contributed by atoms with Gasteiger partial charge in [-0.25, -0.2) is 18.2 Å². The molecule has 4 aromatic rings. The molecule has 4 N–H and O–H groups in total. The van der Waals surface area contributed by atoms with E-state index in [1.54, 1.807) is 6.20 Å². The van der Waals surface area contributed by atoms with Crippen LogP contribution >= 0.6 is 0 Å². The van der Waals surface area contributed by atoms with Gasteiger partial charge in [0, 0.05) is 18.5 Å². The molecular weight excluding hydrogens is 516 g/mol. The summed E-state index contributed by atoms with van der Waals surface area (Å²) in [6.07, 6.45) is 2.04. The highest BCUT2D eigenvalue weighted by molar-refractivity contribution is 7.89. The number of nitrogens with zero attached hydrogens (tertiary/aromatic N) is 3. The number of carbonyl (C=O) groups excluding carboxylic acids is 2. The molecule has 2 amide bonds. The number of hydrogen-bond acceptors (Lipinski definition) is 6. The van der Waals surface area contributed by atoms with Gasteiger partial charge in [0.1, 0.15) is 11.7 Å². The highest BCUT2D eigenvalue weighted by Gasteiger charge is 2.23. The maximum Gasteiger partial charge on any atom is 0.251 e. The number of nitrogens with two attached hydrogens (primary N) is 1. The molecule has 3 aromatic carbocycles. The summed E-state index contributed by atoms with van der Waals surface area (Å²) in [6.45, 7) is 4.48. The molecule has 0 radical (unpaired) electrons. The zero-order valence-electron chi connectivity index (χ0n) is 21.7. The van der Waals surface area contributed by atoms with Crippen LogP contribution in [0.5, 0.6) is 0 Å². The highest BCUT2D eigenvalue weighted by atomic mass is 32.2. The highest BCUT2D eigenvalue weighted by Crippen LogP contribution is 2.16. The zero-order chi connectivity index (χ0) is 28.0. The van der Waals surface area contributed by atoms with Gasteiger partial charge in [-0.1, -0.05) is 59.3 Å². The number of benzene rings is 3. The largest absolute Gasteiger partial charge is 0.350 e. The molecule has 0 bridgehead atoms. The van der Waals surface area contributed by atoms with Crippen LogP contribution in [0.25, 0.3) is 0 Å². The Hall–Kier alpha value is -4.35. The average molecular weight is 547 g/mol. The molecule has 0 aliphatic carbocycles. The lowest BCUT2D eigenvalue weighted by atomic mass is 10.0. The van der Waals surface area contributed by atoms with Crippen LogP contribution in [0.3, 0.4) is 0 Å². The molecule has 1 aromatic heterocycles. The molecular formula is C28H30N6O4S. The van der Waals surface area contributed by atoms with Crippen molar-refractivity contribution in [2.24, 2.45) is 5.14 Å². The van der Waals surface area contributed by atoms with Crippen molar-refractivity contribution >= 4 is 21.8 Å². The van der Waals surface area contributed by atoms with E-state index in [9.17, 15) is 18.0 Å². The summed E-state index contributed by atoms with van der Waals surface area (Å²) in [7, 11) is -3.85. The summed E-state index contributed by atoms with van der Waals surface area (Å²) in [5.41, 5.74) is 4.96. The molecule has 4 rings (SSSR count). The second kappa shape index (κ2) is 12.0. The quantitative estimate of drug-likeness (QED) is 0.278. The van der Waals surface area contributed by atoms with Gasteiger partial charge in [-0.05, 0) is 54.8 Å². The standard InChI is InChI=1S/C28H30N6O4S/c1-19-8-9-20(2)23(14-19)16-30-28(36)26(15-21-6-4-3-5-7-21)34-18-24(32-33-34)17-31-27(35)22-10-12-25(13-11-22)39(29,37)38/h3-14,18,26H,15-17H2,1-2H3,(H,30,36)(H,31,35)(H2,29,37,38). The molecule has 0 aliphatic heterocycles. The number of rotatable bonds is 10. The number of aryl methyl sites for hydroxylation is 2. The number of sulfonamides is 1. The van der Waals surface area contributed by atoms with Crippen LogP contribution < -0.4 is 15.8 Å². The van der Waals surface area contributed by atoms with Crippen molar-refractivity contribution in [1.29, 1.82) is 0 Å². The van der Waals surface area contributed by atoms with E-state index >= 15 is 0 Å². The molecule has 0 fully saturated rings. The summed E-state index contributed by atoms with van der Waals surface area (Å²) in [6, 6.07) is 20.4. The van der Waals surface area contributed by atoms with E-state index < -0.39 is 22.0 Å². The minimum absolute atomic E-state index is 0.0674. The van der Waals surface area contributed by atoms with Gasteiger partial charge in [0.15, 0.2) is 0 Å². The second-order valence-corrected chi connectivity index (χ2v) is 10.9. The van der Waals surface area contributed by atoms with Crippen molar-refractivity contribution < 1.29 is 18.0 Å². The normalized spacial score (nSPS) is 12.1. The molecule has 1 atom stereocenters. The Morgan fingerprint density at radius 2 is 1.67 bits per heavy atom. The maximum absolute atomic E-state index is 13.4. The van der Waals surface area contributed by atoms with Gasteiger partial charge in [-0.2, -0.15) is 0 Å². The lowest BCUT2D eigenvalue weighted by Crippen LogP contribution is -2.34. The summed E-state index contributed by atoms with van der Waals surface area (Å²) >= 11 is 0. The van der Waals surface area contributed by atoms with E-state index in [2.05, 4.69) is 27.0 Å². The zero-order valence-corrected chi connectivity index (χ0v) is 22.5. The van der Waals surface area contributed by atoms with Crippen molar-refractivity contribution in [2.75, 3.05) is 0 Å². The van der Waals surface area contributed by atoms with Crippen molar-refractivity contribution in [3.05, 3.63) is 113 Å². The third kappa shape index (κ3) is 7.37. The van der Waals surface area contributed by atoms with E-state index in [4.69, 9.17) is 5.14 Å². The smallest absolute Gasteiger partial charge is 0.251 e. The summed E-state index contributed by atoms with van der Waals surface area (Å²) < 4.78 is 24.3. The average Bonchev–Trinajstić information content (AvgIpc) is 3.39. The van der Waals surface area contributed by atoms with E-state index in [-0.39, 0.29) is 22.9 Å². The molecule has 39 heavy (non-hydrogen) atoms. The Bertz CT molecular complexity index is 1570. The van der Waals surface area contributed by atoms with Gasteiger partial charge < -0.3 is 10.6 Å². The minimum atomic E-state index is -3.85. The number of nitrogens with one attached hydrogen (secondary N) is 2. The van der Waals surface area contributed by atoms with E-state index in [1.807, 2.05) is 56.3 Å². The first kappa shape index (κ1) is 27.7. The molecule has 0 aliphatic rings. The van der Waals surface area contributed by atoms with Crippen LogP contribution in [-0.2, 0) is 34.3 Å². The molecule has 1 unspecified atom stereocenters. The van der Waals surface area contributed by atoms with Gasteiger partial charge in [0.05, 0.1) is 17.6 Å². The van der Waals surface area contributed by atoms with Crippen LogP contribution in [0.1, 0.15) is 44.3 Å². The van der Waals surface area contributed by atoms with E-state index in [1.165, 1.54) is 28.9 Å². The van der Waals surface area contributed by atoms with Crippen molar-refractivity contribution in [2.45, 2.75) is 44.3 Å². The van der Waals surface area contributed by atoms with Gasteiger partial charge in [-0.15, -0.1) is 5.10 Å². The Morgan fingerprint density at radius 1 is 0.949 bits per heavy atom. The number of hydrogen-bond donors (Lipinski definition) is 3. The van der Waals surface area contributed by atoms with E-state index in [0.29, 0.717) is 18.7 Å². The van der Waals surface area contributed by atoms with Crippen LogP contribution in [0.2, 0.25) is 0 Å². The fraction of sp³-hybridized carbons (Fsp3) is 0.214. The lowest BCUT2D eigenvalue weighted by molar-refractivity contribution is -0.124. The molecule has 0 spiro atoms. The first-order valence-corrected chi connectivity index (χ1v) is 13.8. The molecule has 0 saturated heterocycles. The second-order valence-electron chi connectivity index (χ2n) is 9.30.